The van der Waals surface area contributed by atoms with Gasteiger partial charge >= 0.3 is 0 Å². The molecule has 0 unspecified atom stereocenters. The van der Waals surface area contributed by atoms with Gasteiger partial charge in [0.2, 0.25) is 0 Å². The maximum absolute atomic E-state index is 2.40. The van der Waals surface area contributed by atoms with Gasteiger partial charge in [-0.25, -0.2) is 0 Å². The van der Waals surface area contributed by atoms with Crippen LogP contribution in [0.3, 0.4) is 0 Å². The first-order valence-corrected chi connectivity index (χ1v) is 13.4. The summed E-state index contributed by atoms with van der Waals surface area (Å²) in [5.74, 6) is 0. The predicted octanol–water partition coefficient (Wildman–Crippen LogP) is 10.4. The summed E-state index contributed by atoms with van der Waals surface area (Å²) in [7, 11) is 0. The molecule has 7 aromatic carbocycles. The molecule has 0 fully saturated rings. The van der Waals surface area contributed by atoms with Crippen LogP contribution in [0.1, 0.15) is 0 Å². The lowest BCUT2D eigenvalue weighted by Gasteiger charge is -2.10. The fourth-order valence-electron chi connectivity index (χ4n) is 5.99. The van der Waals surface area contributed by atoms with E-state index in [2.05, 4.69) is 156 Å². The van der Waals surface area contributed by atoms with E-state index in [4.69, 9.17) is 0 Å². The Morgan fingerprint density at radius 3 is 1.67 bits per heavy atom. The summed E-state index contributed by atoms with van der Waals surface area (Å²) >= 11 is 0. The van der Waals surface area contributed by atoms with Crippen LogP contribution in [0.2, 0.25) is 0 Å². The van der Waals surface area contributed by atoms with Crippen molar-refractivity contribution in [1.29, 1.82) is 0 Å². The first-order valence-electron chi connectivity index (χ1n) is 13.4. The van der Waals surface area contributed by atoms with E-state index in [1.54, 1.807) is 0 Å². The fourth-order valence-corrected chi connectivity index (χ4v) is 5.99. The maximum Gasteiger partial charge on any atom is 0.0541 e. The number of hydrogen-bond donors (Lipinski definition) is 0. The molecule has 1 heteroatoms. The first kappa shape index (κ1) is 21.9. The summed E-state index contributed by atoms with van der Waals surface area (Å²) in [6.07, 6.45) is 0. The molecule has 8 rings (SSSR count). The lowest BCUT2D eigenvalue weighted by atomic mass is 9.96. The van der Waals surface area contributed by atoms with Gasteiger partial charge in [-0.3, -0.25) is 0 Å². The standard InChI is InChI=1S/C38H25N/c1-3-10-28-22-32(17-16-26(28)8-1)29-12-7-13-30(23-29)33-19-21-38-36(25-33)35-14-5-6-15-37(35)39(38)34-20-18-27-9-2-4-11-31(27)24-34/h1-25H. The molecular formula is C38H25N. The SMILES string of the molecule is c1cc(-c2ccc3ccccc3c2)cc(-c2ccc3c(c2)c2ccccc2n3-c2ccc3ccccc3c2)c1. The van der Waals surface area contributed by atoms with E-state index < -0.39 is 0 Å². The quantitative estimate of drug-likeness (QED) is 0.230. The van der Waals surface area contributed by atoms with Crippen LogP contribution in [0.25, 0.3) is 71.3 Å². The van der Waals surface area contributed by atoms with Crippen LogP contribution < -0.4 is 0 Å². The van der Waals surface area contributed by atoms with Crippen molar-refractivity contribution in [2.45, 2.75) is 0 Å². The molecular weight excluding hydrogens is 470 g/mol. The highest BCUT2D eigenvalue weighted by Gasteiger charge is 2.14. The molecule has 0 radical (unpaired) electrons. The van der Waals surface area contributed by atoms with Crippen molar-refractivity contribution in [2.24, 2.45) is 0 Å². The zero-order chi connectivity index (χ0) is 25.8. The third kappa shape index (κ3) is 3.63. The molecule has 1 nitrogen and oxygen atoms in total. The minimum absolute atomic E-state index is 1.19. The van der Waals surface area contributed by atoms with Crippen LogP contribution in [-0.2, 0) is 0 Å². The van der Waals surface area contributed by atoms with E-state index in [0.29, 0.717) is 0 Å². The Balaban J connectivity index is 1.28. The smallest absolute Gasteiger partial charge is 0.0541 e. The van der Waals surface area contributed by atoms with Gasteiger partial charge in [0.25, 0.3) is 0 Å². The number of fused-ring (bicyclic) bond motifs is 5. The second-order valence-electron chi connectivity index (χ2n) is 10.3. The number of hydrogen-bond acceptors (Lipinski definition) is 0. The van der Waals surface area contributed by atoms with E-state index >= 15 is 0 Å². The second kappa shape index (κ2) is 8.72. The maximum atomic E-state index is 2.40. The summed E-state index contributed by atoms with van der Waals surface area (Å²) in [4.78, 5) is 0. The van der Waals surface area contributed by atoms with E-state index in [-0.39, 0.29) is 0 Å². The van der Waals surface area contributed by atoms with Crippen LogP contribution in [0, 0.1) is 0 Å². The van der Waals surface area contributed by atoms with E-state index in [0.717, 1.165) is 0 Å². The summed E-state index contributed by atoms with van der Waals surface area (Å²) < 4.78 is 2.40. The van der Waals surface area contributed by atoms with E-state index in [1.165, 1.54) is 71.3 Å². The Bertz CT molecular complexity index is 2180. The molecule has 0 atom stereocenters. The number of benzene rings is 7. The molecule has 0 N–H and O–H groups in total. The highest BCUT2D eigenvalue weighted by molar-refractivity contribution is 6.10. The molecule has 0 aliphatic rings. The number of nitrogens with zero attached hydrogens (tertiary/aromatic N) is 1. The Morgan fingerprint density at radius 1 is 0.308 bits per heavy atom. The van der Waals surface area contributed by atoms with Gasteiger partial charge in [0.1, 0.15) is 0 Å². The number of rotatable bonds is 3. The zero-order valence-electron chi connectivity index (χ0n) is 21.4. The van der Waals surface area contributed by atoms with Gasteiger partial charge in [0, 0.05) is 16.5 Å². The number of para-hydroxylation sites is 1. The van der Waals surface area contributed by atoms with Crippen molar-refractivity contribution in [1.82, 2.24) is 4.57 Å². The third-order valence-electron chi connectivity index (χ3n) is 7.94. The molecule has 0 amide bonds. The Kier molecular flexibility index (Phi) is 4.89. The third-order valence-corrected chi connectivity index (χ3v) is 7.94. The minimum atomic E-state index is 1.19. The van der Waals surface area contributed by atoms with Crippen molar-refractivity contribution < 1.29 is 0 Å². The van der Waals surface area contributed by atoms with Crippen molar-refractivity contribution >= 4 is 43.4 Å². The summed E-state index contributed by atoms with van der Waals surface area (Å²) in [5, 5.41) is 7.59. The summed E-state index contributed by atoms with van der Waals surface area (Å²) in [6, 6.07) is 55.1. The average molecular weight is 496 g/mol. The lowest BCUT2D eigenvalue weighted by molar-refractivity contribution is 1.19. The van der Waals surface area contributed by atoms with Crippen LogP contribution >= 0.6 is 0 Å². The van der Waals surface area contributed by atoms with Crippen LogP contribution in [-0.4, -0.2) is 4.57 Å². The molecule has 0 spiro atoms. The van der Waals surface area contributed by atoms with Gasteiger partial charge in [-0.1, -0.05) is 109 Å². The minimum Gasteiger partial charge on any atom is -0.309 e. The van der Waals surface area contributed by atoms with Crippen LogP contribution in [0.4, 0.5) is 0 Å². The molecule has 0 saturated carbocycles. The van der Waals surface area contributed by atoms with Gasteiger partial charge < -0.3 is 4.57 Å². The fraction of sp³-hybridized carbons (Fsp3) is 0. The first-order chi connectivity index (χ1) is 19.3. The Hall–Kier alpha value is -5.14. The van der Waals surface area contributed by atoms with Crippen molar-refractivity contribution in [3.8, 4) is 27.9 Å². The molecule has 8 aromatic rings. The highest BCUT2D eigenvalue weighted by atomic mass is 15.0. The molecule has 0 aliphatic heterocycles. The molecule has 0 saturated heterocycles. The van der Waals surface area contributed by atoms with E-state index in [9.17, 15) is 0 Å². The Labute approximate surface area is 227 Å². The number of aromatic nitrogens is 1. The normalized spacial score (nSPS) is 11.6. The van der Waals surface area contributed by atoms with Crippen LogP contribution in [0.15, 0.2) is 152 Å². The summed E-state index contributed by atoms with van der Waals surface area (Å²) in [5.41, 5.74) is 8.56. The monoisotopic (exact) mass is 495 g/mol. The van der Waals surface area contributed by atoms with Crippen molar-refractivity contribution in [3.63, 3.8) is 0 Å². The van der Waals surface area contributed by atoms with Gasteiger partial charge in [0.15, 0.2) is 0 Å². The highest BCUT2D eigenvalue weighted by Crippen LogP contribution is 2.36. The predicted molar refractivity (Wildman–Crippen MR) is 167 cm³/mol. The van der Waals surface area contributed by atoms with Crippen molar-refractivity contribution in [2.75, 3.05) is 0 Å². The molecule has 0 bridgehead atoms. The topological polar surface area (TPSA) is 4.93 Å². The van der Waals surface area contributed by atoms with Gasteiger partial charge in [0.05, 0.1) is 11.0 Å². The molecule has 39 heavy (non-hydrogen) atoms. The second-order valence-corrected chi connectivity index (χ2v) is 10.3. The zero-order valence-corrected chi connectivity index (χ0v) is 21.4. The molecule has 0 aliphatic carbocycles. The van der Waals surface area contributed by atoms with Gasteiger partial charge in [-0.15, -0.1) is 0 Å². The van der Waals surface area contributed by atoms with Crippen molar-refractivity contribution in [3.05, 3.63) is 152 Å². The van der Waals surface area contributed by atoms with E-state index in [1.807, 2.05) is 0 Å². The van der Waals surface area contributed by atoms with Gasteiger partial charge in [-0.2, -0.15) is 0 Å². The Morgan fingerprint density at radius 2 is 0.872 bits per heavy atom. The molecule has 1 heterocycles. The lowest BCUT2D eigenvalue weighted by Crippen LogP contribution is -1.93. The molecule has 182 valence electrons. The van der Waals surface area contributed by atoms with Gasteiger partial charge in [-0.05, 0) is 86.3 Å². The largest absolute Gasteiger partial charge is 0.309 e. The molecule has 1 aromatic heterocycles. The average Bonchev–Trinajstić information content (AvgIpc) is 3.34. The van der Waals surface area contributed by atoms with Crippen LogP contribution in [0.5, 0.6) is 0 Å². The summed E-state index contributed by atoms with van der Waals surface area (Å²) in [6.45, 7) is 0.